The number of benzene rings is 2. The summed E-state index contributed by atoms with van der Waals surface area (Å²) in [5, 5.41) is 12.6. The molecule has 2 aromatic heterocycles. The maximum Gasteiger partial charge on any atom is 0.196 e. The van der Waals surface area contributed by atoms with Crippen molar-refractivity contribution >= 4 is 16.7 Å². The average Bonchev–Trinajstić information content (AvgIpc) is 2.78. The van der Waals surface area contributed by atoms with Crippen LogP contribution in [-0.2, 0) is 0 Å². The first-order valence-electron chi connectivity index (χ1n) is 10.0. The van der Waals surface area contributed by atoms with Crippen molar-refractivity contribution in [1.29, 1.82) is 5.26 Å². The first-order valence-corrected chi connectivity index (χ1v) is 10.0. The smallest absolute Gasteiger partial charge is 0.196 e. The number of anilines is 1. The van der Waals surface area contributed by atoms with Gasteiger partial charge in [-0.1, -0.05) is 6.07 Å². The zero-order valence-electron chi connectivity index (χ0n) is 18.0. The summed E-state index contributed by atoms with van der Waals surface area (Å²) in [4.78, 5) is 17.0. The molecule has 0 unspecified atom stereocenters. The molecule has 4 aromatic rings. The van der Waals surface area contributed by atoms with E-state index < -0.39 is 29.1 Å². The fourth-order valence-corrected chi connectivity index (χ4v) is 3.79. The van der Waals surface area contributed by atoms with Crippen LogP contribution in [0.5, 0.6) is 0 Å². The molecule has 0 aliphatic rings. The summed E-state index contributed by atoms with van der Waals surface area (Å²) in [5.41, 5.74) is 1.58. The number of aromatic nitrogens is 1. The lowest BCUT2D eigenvalue weighted by Gasteiger charge is -2.19. The van der Waals surface area contributed by atoms with Crippen LogP contribution in [0.1, 0.15) is 35.2 Å². The number of pyridine rings is 1. The predicted molar refractivity (Wildman–Crippen MR) is 118 cm³/mol. The predicted octanol–water partition coefficient (Wildman–Crippen LogP) is 5.93. The second-order valence-electron chi connectivity index (χ2n) is 7.77. The lowest BCUT2D eigenvalue weighted by atomic mass is 9.98. The molecule has 0 amide bonds. The number of fused-ring (bicyclic) bond motifs is 1. The van der Waals surface area contributed by atoms with E-state index >= 15 is 0 Å². The number of nitrogens with one attached hydrogen (secondary N) is 1. The third-order valence-electron chi connectivity index (χ3n) is 5.40. The van der Waals surface area contributed by atoms with Gasteiger partial charge in [-0.25, -0.2) is 13.2 Å². The summed E-state index contributed by atoms with van der Waals surface area (Å²) in [6.45, 7) is 5.14. The van der Waals surface area contributed by atoms with Gasteiger partial charge >= 0.3 is 0 Å². The molecule has 5 nitrogen and oxygen atoms in total. The zero-order chi connectivity index (χ0) is 23.9. The van der Waals surface area contributed by atoms with Crippen LogP contribution in [0.25, 0.3) is 22.3 Å². The molecule has 2 aromatic carbocycles. The molecule has 0 saturated heterocycles. The Morgan fingerprint density at radius 3 is 2.58 bits per heavy atom. The molecular formula is C25H18F3N3O2. The third kappa shape index (κ3) is 3.94. The second kappa shape index (κ2) is 8.43. The Balaban J connectivity index is 1.90. The third-order valence-corrected chi connectivity index (χ3v) is 5.40. The molecule has 0 radical (unpaired) electrons. The van der Waals surface area contributed by atoms with Gasteiger partial charge in [-0.05, 0) is 50.6 Å². The Morgan fingerprint density at radius 1 is 1.12 bits per heavy atom. The van der Waals surface area contributed by atoms with Crippen molar-refractivity contribution in [1.82, 2.24) is 4.98 Å². The van der Waals surface area contributed by atoms with Crippen molar-refractivity contribution in [3.8, 4) is 17.4 Å². The van der Waals surface area contributed by atoms with E-state index in [1.807, 2.05) is 6.92 Å². The fraction of sp³-hybridized carbons (Fsp3) is 0.160. The molecule has 0 aliphatic heterocycles. The van der Waals surface area contributed by atoms with Crippen LogP contribution < -0.4 is 10.7 Å². The molecular weight excluding hydrogens is 431 g/mol. The highest BCUT2D eigenvalue weighted by Gasteiger charge is 2.21. The minimum absolute atomic E-state index is 0.0996. The standard InChI is InChI=1S/C25H18F3N3O2/c1-12-6-17(14(3)31-21-5-4-20(27)22(28)19(21)9-29)25-18(7-12)23(32)13(2)24(33-25)15-8-16(26)11-30-10-15/h4-8,10-11,14,31H,1-3H3/t14-/m1/s1. The van der Waals surface area contributed by atoms with E-state index in [1.54, 1.807) is 32.0 Å². The first-order chi connectivity index (χ1) is 15.7. The number of aryl methyl sites for hydroxylation is 1. The first kappa shape index (κ1) is 22.1. The van der Waals surface area contributed by atoms with Gasteiger partial charge < -0.3 is 9.73 Å². The van der Waals surface area contributed by atoms with Gasteiger partial charge in [0, 0.05) is 22.9 Å². The van der Waals surface area contributed by atoms with E-state index in [4.69, 9.17) is 4.42 Å². The normalized spacial score (nSPS) is 11.9. The molecule has 8 heteroatoms. The lowest BCUT2D eigenvalue weighted by molar-refractivity contribution is 0.506. The minimum Gasteiger partial charge on any atom is -0.455 e. The van der Waals surface area contributed by atoms with E-state index in [1.165, 1.54) is 18.3 Å². The van der Waals surface area contributed by atoms with Gasteiger partial charge in [-0.15, -0.1) is 0 Å². The highest BCUT2D eigenvalue weighted by molar-refractivity contribution is 5.84. The Bertz CT molecular complexity index is 1510. The van der Waals surface area contributed by atoms with E-state index in [-0.39, 0.29) is 22.5 Å². The van der Waals surface area contributed by atoms with Gasteiger partial charge in [0.1, 0.15) is 28.8 Å². The van der Waals surface area contributed by atoms with Gasteiger partial charge in [0.2, 0.25) is 0 Å². The Labute approximate surface area is 187 Å². The molecule has 0 aliphatic carbocycles. The Kier molecular flexibility index (Phi) is 5.64. The molecule has 0 bridgehead atoms. The summed E-state index contributed by atoms with van der Waals surface area (Å²) >= 11 is 0. The van der Waals surface area contributed by atoms with Crippen LogP contribution >= 0.6 is 0 Å². The van der Waals surface area contributed by atoms with Gasteiger partial charge in [0.05, 0.1) is 23.3 Å². The van der Waals surface area contributed by atoms with Crippen LogP contribution in [0.4, 0.5) is 18.9 Å². The van der Waals surface area contributed by atoms with Crippen LogP contribution in [0.3, 0.4) is 0 Å². The van der Waals surface area contributed by atoms with Crippen molar-refractivity contribution in [2.24, 2.45) is 0 Å². The molecule has 0 fully saturated rings. The van der Waals surface area contributed by atoms with Crippen molar-refractivity contribution in [3.63, 3.8) is 0 Å². The van der Waals surface area contributed by atoms with E-state index in [2.05, 4.69) is 10.3 Å². The van der Waals surface area contributed by atoms with Crippen molar-refractivity contribution in [2.45, 2.75) is 26.8 Å². The molecule has 166 valence electrons. The summed E-state index contributed by atoms with van der Waals surface area (Å²) in [7, 11) is 0. The van der Waals surface area contributed by atoms with Gasteiger partial charge in [0.15, 0.2) is 17.1 Å². The molecule has 4 rings (SSSR count). The Hall–Kier alpha value is -4.12. The summed E-state index contributed by atoms with van der Waals surface area (Å²) < 4.78 is 47.5. The fourth-order valence-electron chi connectivity index (χ4n) is 3.79. The van der Waals surface area contributed by atoms with E-state index in [0.717, 1.165) is 17.8 Å². The highest BCUT2D eigenvalue weighted by Crippen LogP contribution is 2.33. The van der Waals surface area contributed by atoms with Gasteiger partial charge in [0.25, 0.3) is 0 Å². The van der Waals surface area contributed by atoms with Crippen molar-refractivity contribution in [2.75, 3.05) is 5.32 Å². The van der Waals surface area contributed by atoms with Gasteiger partial charge in [-0.2, -0.15) is 5.26 Å². The van der Waals surface area contributed by atoms with Crippen LogP contribution in [-0.4, -0.2) is 4.98 Å². The number of hydrogen-bond acceptors (Lipinski definition) is 5. The zero-order valence-corrected chi connectivity index (χ0v) is 18.0. The largest absolute Gasteiger partial charge is 0.455 e. The van der Waals surface area contributed by atoms with Crippen molar-refractivity contribution in [3.05, 3.63) is 92.7 Å². The minimum atomic E-state index is -1.24. The summed E-state index contributed by atoms with van der Waals surface area (Å²) in [6, 6.07) is 8.01. The number of nitrogens with zero attached hydrogens (tertiary/aromatic N) is 2. The number of hydrogen-bond donors (Lipinski definition) is 1. The quantitative estimate of drug-likeness (QED) is 0.418. The van der Waals surface area contributed by atoms with E-state index in [0.29, 0.717) is 22.1 Å². The SMILES string of the molecule is Cc1cc([C@@H](C)Nc2ccc(F)c(F)c2C#N)c2oc(-c3cncc(F)c3)c(C)c(=O)c2c1. The number of rotatable bonds is 4. The lowest BCUT2D eigenvalue weighted by Crippen LogP contribution is -2.13. The second-order valence-corrected chi connectivity index (χ2v) is 7.77. The topological polar surface area (TPSA) is 78.9 Å². The monoisotopic (exact) mass is 449 g/mol. The highest BCUT2D eigenvalue weighted by atomic mass is 19.2. The molecule has 33 heavy (non-hydrogen) atoms. The molecule has 1 N–H and O–H groups in total. The number of nitriles is 1. The van der Waals surface area contributed by atoms with E-state index in [9.17, 15) is 23.2 Å². The summed E-state index contributed by atoms with van der Waals surface area (Å²) in [6.07, 6.45) is 2.45. The molecule has 0 spiro atoms. The number of halogens is 3. The van der Waals surface area contributed by atoms with Crippen LogP contribution in [0.15, 0.2) is 51.9 Å². The van der Waals surface area contributed by atoms with Gasteiger partial charge in [-0.3, -0.25) is 9.78 Å². The van der Waals surface area contributed by atoms with Crippen molar-refractivity contribution < 1.29 is 17.6 Å². The maximum atomic E-state index is 14.1. The average molecular weight is 449 g/mol. The van der Waals surface area contributed by atoms with Crippen LogP contribution in [0, 0.1) is 42.6 Å². The summed E-state index contributed by atoms with van der Waals surface area (Å²) in [5.74, 6) is -2.76. The molecule has 1 atom stereocenters. The Morgan fingerprint density at radius 2 is 1.88 bits per heavy atom. The van der Waals surface area contributed by atoms with Crippen LogP contribution in [0.2, 0.25) is 0 Å². The maximum absolute atomic E-state index is 14.1. The molecule has 0 saturated carbocycles. The molecule has 2 heterocycles.